The van der Waals surface area contributed by atoms with Crippen molar-refractivity contribution in [3.8, 4) is 0 Å². The average Bonchev–Trinajstić information content (AvgIpc) is 2.87. The van der Waals surface area contributed by atoms with Crippen molar-refractivity contribution in [1.82, 2.24) is 15.6 Å². The predicted octanol–water partition coefficient (Wildman–Crippen LogP) is 3.56. The highest BCUT2D eigenvalue weighted by molar-refractivity contribution is 6.37. The van der Waals surface area contributed by atoms with Crippen LogP contribution in [0.2, 0.25) is 0 Å². The summed E-state index contributed by atoms with van der Waals surface area (Å²) < 4.78 is 5.30. The van der Waals surface area contributed by atoms with Crippen LogP contribution in [0, 0.1) is 11.8 Å². The first-order valence-electron chi connectivity index (χ1n) is 12.6. The second-order valence-electron chi connectivity index (χ2n) is 9.72. The molecule has 0 saturated carbocycles. The van der Waals surface area contributed by atoms with Gasteiger partial charge in [-0.3, -0.25) is 19.4 Å². The van der Waals surface area contributed by atoms with Crippen LogP contribution in [0.3, 0.4) is 0 Å². The standard InChI is InChI=1S/C28H35N3O5/c1-19(2)13-24(31-28(35)36-18-20-7-4-3-5-8-20)25(32)15-23-11-10-22-14-21(16-29-17-22)9-6-12-30-27(34)26(23)33/h3-5,7-8,14,16-17,19,23-24H,6,9-13,15,18H2,1-2H3,(H,30,34)(H,31,35). The fourth-order valence-electron chi connectivity index (χ4n) is 4.28. The Morgan fingerprint density at radius 1 is 1.11 bits per heavy atom. The largest absolute Gasteiger partial charge is 0.445 e. The van der Waals surface area contributed by atoms with Crippen LogP contribution in [0.15, 0.2) is 48.8 Å². The summed E-state index contributed by atoms with van der Waals surface area (Å²) in [5.41, 5.74) is 2.89. The molecule has 2 bridgehead atoms. The van der Waals surface area contributed by atoms with Gasteiger partial charge in [0, 0.05) is 31.3 Å². The van der Waals surface area contributed by atoms with Gasteiger partial charge >= 0.3 is 6.09 Å². The van der Waals surface area contributed by atoms with Crippen molar-refractivity contribution in [3.05, 3.63) is 65.5 Å². The Bertz CT molecular complexity index is 1050. The van der Waals surface area contributed by atoms with Crippen molar-refractivity contribution in [2.75, 3.05) is 6.54 Å². The second-order valence-corrected chi connectivity index (χ2v) is 9.72. The number of Topliss-reactive ketones (excluding diaryl/α,β-unsaturated/α-hetero) is 2. The van der Waals surface area contributed by atoms with E-state index in [0.717, 1.165) is 23.1 Å². The first-order chi connectivity index (χ1) is 17.3. The quantitative estimate of drug-likeness (QED) is 0.544. The summed E-state index contributed by atoms with van der Waals surface area (Å²) in [6, 6.07) is 10.5. The third-order valence-electron chi connectivity index (χ3n) is 6.20. The topological polar surface area (TPSA) is 114 Å². The van der Waals surface area contributed by atoms with E-state index < -0.39 is 29.7 Å². The fraction of sp³-hybridized carbons (Fsp3) is 0.464. The van der Waals surface area contributed by atoms with E-state index in [0.29, 0.717) is 32.2 Å². The van der Waals surface area contributed by atoms with Crippen LogP contribution >= 0.6 is 0 Å². The summed E-state index contributed by atoms with van der Waals surface area (Å²) in [7, 11) is 0. The van der Waals surface area contributed by atoms with Crippen molar-refractivity contribution in [2.24, 2.45) is 11.8 Å². The van der Waals surface area contributed by atoms with Gasteiger partial charge in [-0.2, -0.15) is 0 Å². The number of nitrogens with zero attached hydrogens (tertiary/aromatic N) is 1. The van der Waals surface area contributed by atoms with Gasteiger partial charge in [0.05, 0.1) is 6.04 Å². The lowest BCUT2D eigenvalue weighted by atomic mass is 9.87. The Morgan fingerprint density at radius 2 is 1.83 bits per heavy atom. The molecule has 0 spiro atoms. The summed E-state index contributed by atoms with van der Waals surface area (Å²) in [5, 5.41) is 5.35. The molecule has 0 saturated heterocycles. The van der Waals surface area contributed by atoms with E-state index in [1.165, 1.54) is 0 Å². The van der Waals surface area contributed by atoms with E-state index in [2.05, 4.69) is 21.7 Å². The molecule has 1 aliphatic rings. The molecule has 3 rings (SSSR count). The maximum absolute atomic E-state index is 13.3. The van der Waals surface area contributed by atoms with Gasteiger partial charge in [0.25, 0.3) is 5.91 Å². The smallest absolute Gasteiger partial charge is 0.408 e. The highest BCUT2D eigenvalue weighted by atomic mass is 16.5. The molecule has 2 aromatic rings. The van der Waals surface area contributed by atoms with Crippen LogP contribution in [0.25, 0.3) is 0 Å². The van der Waals surface area contributed by atoms with Gasteiger partial charge in [-0.25, -0.2) is 4.79 Å². The van der Waals surface area contributed by atoms with Crippen molar-refractivity contribution in [1.29, 1.82) is 0 Å². The van der Waals surface area contributed by atoms with Crippen LogP contribution < -0.4 is 10.6 Å². The number of aryl methyl sites for hydroxylation is 2. The third kappa shape index (κ3) is 8.59. The summed E-state index contributed by atoms with van der Waals surface area (Å²) >= 11 is 0. The Morgan fingerprint density at radius 3 is 2.56 bits per heavy atom. The number of ketones is 2. The average molecular weight is 494 g/mol. The second kappa shape index (κ2) is 13.5. The number of carbonyl (C=O) groups excluding carboxylic acids is 4. The number of aromatic nitrogens is 1. The number of pyridine rings is 1. The SMILES string of the molecule is CC(C)CC(NC(=O)OCc1ccccc1)C(=O)CC1CCc2cncc(c2)CCCNC(=O)C1=O. The molecular formula is C28H35N3O5. The van der Waals surface area contributed by atoms with Gasteiger partial charge in [0.2, 0.25) is 5.78 Å². The molecule has 1 aromatic heterocycles. The van der Waals surface area contributed by atoms with Gasteiger partial charge < -0.3 is 15.4 Å². The molecule has 2 unspecified atom stereocenters. The van der Waals surface area contributed by atoms with E-state index in [1.54, 1.807) is 6.20 Å². The number of hydrogen-bond donors (Lipinski definition) is 2. The van der Waals surface area contributed by atoms with E-state index in [1.807, 2.05) is 50.4 Å². The maximum Gasteiger partial charge on any atom is 0.408 e. The van der Waals surface area contributed by atoms with E-state index in [-0.39, 0.29) is 24.7 Å². The molecule has 0 fully saturated rings. The van der Waals surface area contributed by atoms with Crippen LogP contribution in [0.4, 0.5) is 4.79 Å². The third-order valence-corrected chi connectivity index (χ3v) is 6.20. The van der Waals surface area contributed by atoms with Crippen molar-refractivity contribution in [2.45, 2.75) is 65.0 Å². The molecule has 36 heavy (non-hydrogen) atoms. The van der Waals surface area contributed by atoms with E-state index >= 15 is 0 Å². The van der Waals surface area contributed by atoms with E-state index in [9.17, 15) is 19.2 Å². The van der Waals surface area contributed by atoms with Crippen LogP contribution in [0.1, 0.15) is 56.2 Å². The van der Waals surface area contributed by atoms with Gasteiger partial charge in [-0.05, 0) is 54.7 Å². The molecule has 1 aliphatic heterocycles. The summed E-state index contributed by atoms with van der Waals surface area (Å²) in [6.07, 6.45) is 5.47. The van der Waals surface area contributed by atoms with Crippen LogP contribution in [-0.2, 0) is 38.6 Å². The number of fused-ring (bicyclic) bond motifs is 2. The van der Waals surface area contributed by atoms with Gasteiger partial charge in [0.15, 0.2) is 5.78 Å². The number of nitrogens with one attached hydrogen (secondary N) is 2. The lowest BCUT2D eigenvalue weighted by Crippen LogP contribution is -2.44. The predicted molar refractivity (Wildman–Crippen MR) is 135 cm³/mol. The molecule has 0 radical (unpaired) electrons. The molecule has 8 heteroatoms. The van der Waals surface area contributed by atoms with Gasteiger partial charge in [-0.1, -0.05) is 50.2 Å². The number of amides is 2. The Labute approximate surface area is 212 Å². The van der Waals surface area contributed by atoms with Crippen molar-refractivity contribution >= 4 is 23.6 Å². The molecule has 8 nitrogen and oxygen atoms in total. The van der Waals surface area contributed by atoms with Gasteiger partial charge in [-0.15, -0.1) is 0 Å². The number of alkyl carbamates (subject to hydrolysis) is 1. The molecule has 2 N–H and O–H groups in total. The monoisotopic (exact) mass is 493 g/mol. The first-order valence-corrected chi connectivity index (χ1v) is 12.6. The maximum atomic E-state index is 13.3. The zero-order valence-electron chi connectivity index (χ0n) is 21.0. The van der Waals surface area contributed by atoms with E-state index in [4.69, 9.17) is 4.74 Å². The molecule has 1 aromatic carbocycles. The normalized spacial score (nSPS) is 17.4. The Balaban J connectivity index is 1.68. The molecule has 2 amide bonds. The lowest BCUT2D eigenvalue weighted by Gasteiger charge is -2.22. The lowest BCUT2D eigenvalue weighted by molar-refractivity contribution is -0.141. The van der Waals surface area contributed by atoms with Gasteiger partial charge in [0.1, 0.15) is 6.61 Å². The fourth-order valence-corrected chi connectivity index (χ4v) is 4.28. The Hall–Kier alpha value is -3.55. The Kier molecular flexibility index (Phi) is 10.2. The molecule has 2 atom stereocenters. The summed E-state index contributed by atoms with van der Waals surface area (Å²) in [6.45, 7) is 4.36. The van der Waals surface area contributed by atoms with Crippen LogP contribution in [0.5, 0.6) is 0 Å². The van der Waals surface area contributed by atoms with Crippen molar-refractivity contribution < 1.29 is 23.9 Å². The highest BCUT2D eigenvalue weighted by Crippen LogP contribution is 2.20. The molecule has 192 valence electrons. The van der Waals surface area contributed by atoms with Crippen LogP contribution in [-0.4, -0.2) is 41.1 Å². The molecule has 0 aliphatic carbocycles. The zero-order chi connectivity index (χ0) is 25.9. The minimum absolute atomic E-state index is 0.0869. The number of carbonyl (C=O) groups is 4. The minimum atomic E-state index is -0.810. The summed E-state index contributed by atoms with van der Waals surface area (Å²) in [4.78, 5) is 55.5. The highest BCUT2D eigenvalue weighted by Gasteiger charge is 2.31. The number of benzene rings is 1. The summed E-state index contributed by atoms with van der Waals surface area (Å²) in [5.74, 6) is -2.20. The molecule has 2 heterocycles. The number of hydrogen-bond acceptors (Lipinski definition) is 6. The number of ether oxygens (including phenoxy) is 1. The zero-order valence-corrected chi connectivity index (χ0v) is 21.0. The molecular weight excluding hydrogens is 458 g/mol. The number of rotatable bonds is 8. The van der Waals surface area contributed by atoms with Crippen molar-refractivity contribution in [3.63, 3.8) is 0 Å². The first kappa shape index (κ1) is 27.0. The minimum Gasteiger partial charge on any atom is -0.445 e.